The molecule has 3 aromatic rings. The molecule has 1 heterocycles. The standard InChI is InChI=1S/C21H19NO3/c1-13-12-19(21(24)25)14(2)22(13)20-11-7-6-10-18(20)17-9-5-4-8-16(17)15(3)23/h4-12H,1-3H3,(H,24,25). The number of hydrogen-bond donors (Lipinski definition) is 1. The van der Waals surface area contributed by atoms with Gasteiger partial charge in [0.25, 0.3) is 0 Å². The Morgan fingerprint density at radius 3 is 2.08 bits per heavy atom. The van der Waals surface area contributed by atoms with Crippen molar-refractivity contribution in [1.82, 2.24) is 4.57 Å². The predicted molar refractivity (Wildman–Crippen MR) is 97.6 cm³/mol. The van der Waals surface area contributed by atoms with E-state index in [0.717, 1.165) is 22.5 Å². The van der Waals surface area contributed by atoms with Gasteiger partial charge < -0.3 is 9.67 Å². The van der Waals surface area contributed by atoms with E-state index < -0.39 is 5.97 Å². The van der Waals surface area contributed by atoms with Gasteiger partial charge in [-0.05, 0) is 38.5 Å². The van der Waals surface area contributed by atoms with Crippen LogP contribution < -0.4 is 0 Å². The molecule has 0 unspecified atom stereocenters. The van der Waals surface area contributed by atoms with Crippen molar-refractivity contribution in [1.29, 1.82) is 0 Å². The van der Waals surface area contributed by atoms with Crippen molar-refractivity contribution in [2.75, 3.05) is 0 Å². The highest BCUT2D eigenvalue weighted by Crippen LogP contribution is 2.32. The molecule has 4 heteroatoms. The maximum Gasteiger partial charge on any atom is 0.337 e. The van der Waals surface area contributed by atoms with E-state index in [1.807, 2.05) is 60.0 Å². The van der Waals surface area contributed by atoms with Crippen LogP contribution in [-0.2, 0) is 0 Å². The van der Waals surface area contributed by atoms with Gasteiger partial charge in [0.2, 0.25) is 0 Å². The van der Waals surface area contributed by atoms with Crippen LogP contribution in [0, 0.1) is 13.8 Å². The first-order valence-corrected chi connectivity index (χ1v) is 8.03. The number of Topliss-reactive ketones (excluding diaryl/α,β-unsaturated/α-hetero) is 1. The number of hydrogen-bond acceptors (Lipinski definition) is 2. The van der Waals surface area contributed by atoms with Crippen molar-refractivity contribution in [3.63, 3.8) is 0 Å². The summed E-state index contributed by atoms with van der Waals surface area (Å²) in [5.74, 6) is -0.946. The largest absolute Gasteiger partial charge is 0.478 e. The van der Waals surface area contributed by atoms with Crippen LogP contribution in [0.25, 0.3) is 16.8 Å². The molecule has 0 saturated heterocycles. The van der Waals surface area contributed by atoms with Crippen LogP contribution in [-0.4, -0.2) is 21.4 Å². The zero-order valence-electron chi connectivity index (χ0n) is 14.4. The molecule has 0 aliphatic rings. The van der Waals surface area contributed by atoms with Crippen LogP contribution in [0.2, 0.25) is 0 Å². The second-order valence-electron chi connectivity index (χ2n) is 6.04. The quantitative estimate of drug-likeness (QED) is 0.706. The van der Waals surface area contributed by atoms with Gasteiger partial charge in [0, 0.05) is 22.5 Å². The van der Waals surface area contributed by atoms with Gasteiger partial charge in [-0.2, -0.15) is 0 Å². The first kappa shape index (κ1) is 16.7. The number of aromatic nitrogens is 1. The maximum atomic E-state index is 12.0. The first-order chi connectivity index (χ1) is 11.9. The molecule has 0 saturated carbocycles. The number of benzene rings is 2. The van der Waals surface area contributed by atoms with E-state index in [-0.39, 0.29) is 11.3 Å². The van der Waals surface area contributed by atoms with E-state index in [2.05, 4.69) is 0 Å². The van der Waals surface area contributed by atoms with E-state index in [0.29, 0.717) is 11.3 Å². The molecule has 0 amide bonds. The summed E-state index contributed by atoms with van der Waals surface area (Å²) in [4.78, 5) is 23.5. The number of rotatable bonds is 4. The molecular formula is C21H19NO3. The van der Waals surface area contributed by atoms with Crippen LogP contribution in [0.4, 0.5) is 0 Å². The van der Waals surface area contributed by atoms with Crippen molar-refractivity contribution in [2.24, 2.45) is 0 Å². The minimum Gasteiger partial charge on any atom is -0.478 e. The fourth-order valence-electron chi connectivity index (χ4n) is 3.27. The maximum absolute atomic E-state index is 12.0. The monoisotopic (exact) mass is 333 g/mol. The third kappa shape index (κ3) is 2.87. The lowest BCUT2D eigenvalue weighted by Crippen LogP contribution is -2.05. The summed E-state index contributed by atoms with van der Waals surface area (Å²) in [6, 6.07) is 16.9. The molecule has 25 heavy (non-hydrogen) atoms. The molecule has 0 radical (unpaired) electrons. The molecule has 126 valence electrons. The zero-order chi connectivity index (χ0) is 18.1. The van der Waals surface area contributed by atoms with Crippen LogP contribution in [0.3, 0.4) is 0 Å². The van der Waals surface area contributed by atoms with Crippen LogP contribution >= 0.6 is 0 Å². The predicted octanol–water partition coefficient (Wildman–Crippen LogP) is 4.66. The number of carboxylic acid groups (broad SMARTS) is 1. The van der Waals surface area contributed by atoms with Gasteiger partial charge in [0.1, 0.15) is 0 Å². The summed E-state index contributed by atoms with van der Waals surface area (Å²) in [6.07, 6.45) is 0. The van der Waals surface area contributed by atoms with Gasteiger partial charge >= 0.3 is 5.97 Å². The number of aryl methyl sites for hydroxylation is 1. The topological polar surface area (TPSA) is 59.3 Å². The van der Waals surface area contributed by atoms with Gasteiger partial charge in [-0.25, -0.2) is 4.79 Å². The molecule has 3 rings (SSSR count). The molecule has 1 aromatic heterocycles. The first-order valence-electron chi connectivity index (χ1n) is 8.03. The van der Waals surface area contributed by atoms with Crippen molar-refractivity contribution in [3.05, 3.63) is 77.1 Å². The van der Waals surface area contributed by atoms with Crippen molar-refractivity contribution < 1.29 is 14.7 Å². The lowest BCUT2D eigenvalue weighted by atomic mass is 9.96. The Labute approximate surface area is 146 Å². The van der Waals surface area contributed by atoms with Crippen molar-refractivity contribution in [2.45, 2.75) is 20.8 Å². The van der Waals surface area contributed by atoms with Crippen LogP contribution in [0.1, 0.15) is 39.0 Å². The molecular weight excluding hydrogens is 314 g/mol. The Bertz CT molecular complexity index is 983. The Kier molecular flexibility index (Phi) is 4.28. The summed E-state index contributed by atoms with van der Waals surface area (Å²) >= 11 is 0. The van der Waals surface area contributed by atoms with Crippen LogP contribution in [0.15, 0.2) is 54.6 Å². The molecule has 4 nitrogen and oxygen atoms in total. The lowest BCUT2D eigenvalue weighted by Gasteiger charge is -2.16. The average Bonchev–Trinajstić information content (AvgIpc) is 2.89. The number of aromatic carboxylic acids is 1. The number of nitrogens with zero attached hydrogens (tertiary/aromatic N) is 1. The minimum atomic E-state index is -0.944. The number of carbonyl (C=O) groups excluding carboxylic acids is 1. The highest BCUT2D eigenvalue weighted by Gasteiger charge is 2.19. The van der Waals surface area contributed by atoms with Gasteiger partial charge in [-0.1, -0.05) is 42.5 Å². The molecule has 0 aliphatic heterocycles. The summed E-state index contributed by atoms with van der Waals surface area (Å²) in [5.41, 5.74) is 5.03. The van der Waals surface area contributed by atoms with Gasteiger partial charge in [-0.3, -0.25) is 4.79 Å². The average molecular weight is 333 g/mol. The van der Waals surface area contributed by atoms with E-state index >= 15 is 0 Å². The number of ketones is 1. The summed E-state index contributed by atoms with van der Waals surface area (Å²) < 4.78 is 1.93. The van der Waals surface area contributed by atoms with E-state index in [9.17, 15) is 14.7 Å². The number of carbonyl (C=O) groups is 2. The van der Waals surface area contributed by atoms with Gasteiger partial charge in [0.05, 0.1) is 11.3 Å². The van der Waals surface area contributed by atoms with Crippen molar-refractivity contribution in [3.8, 4) is 16.8 Å². The molecule has 0 spiro atoms. The van der Waals surface area contributed by atoms with E-state index in [4.69, 9.17) is 0 Å². The molecule has 0 aliphatic carbocycles. The Balaban J connectivity index is 2.30. The Morgan fingerprint density at radius 2 is 1.48 bits per heavy atom. The molecule has 0 atom stereocenters. The molecule has 0 fully saturated rings. The van der Waals surface area contributed by atoms with Crippen LogP contribution in [0.5, 0.6) is 0 Å². The normalized spacial score (nSPS) is 10.7. The van der Waals surface area contributed by atoms with E-state index in [1.165, 1.54) is 0 Å². The Morgan fingerprint density at radius 1 is 0.880 bits per heavy atom. The fraction of sp³-hybridized carbons (Fsp3) is 0.143. The van der Waals surface area contributed by atoms with Gasteiger partial charge in [-0.15, -0.1) is 0 Å². The summed E-state index contributed by atoms with van der Waals surface area (Å²) in [7, 11) is 0. The van der Waals surface area contributed by atoms with Crippen molar-refractivity contribution >= 4 is 11.8 Å². The highest BCUT2D eigenvalue weighted by molar-refractivity contribution is 6.01. The highest BCUT2D eigenvalue weighted by atomic mass is 16.4. The third-order valence-corrected chi connectivity index (χ3v) is 4.40. The SMILES string of the molecule is CC(=O)c1ccccc1-c1ccccc1-n1c(C)cc(C(=O)O)c1C. The lowest BCUT2D eigenvalue weighted by molar-refractivity contribution is 0.0696. The summed E-state index contributed by atoms with van der Waals surface area (Å²) in [5, 5.41) is 9.40. The smallest absolute Gasteiger partial charge is 0.337 e. The number of carboxylic acids is 1. The molecule has 2 aromatic carbocycles. The zero-order valence-corrected chi connectivity index (χ0v) is 14.4. The third-order valence-electron chi connectivity index (χ3n) is 4.40. The minimum absolute atomic E-state index is 0.00224. The Hall–Kier alpha value is -3.14. The van der Waals surface area contributed by atoms with E-state index in [1.54, 1.807) is 19.9 Å². The second kappa shape index (κ2) is 6.40. The molecule has 0 bridgehead atoms. The number of para-hydroxylation sites is 1. The fourth-order valence-corrected chi connectivity index (χ4v) is 3.27. The summed E-state index contributed by atoms with van der Waals surface area (Å²) in [6.45, 7) is 5.23. The molecule has 1 N–H and O–H groups in total. The second-order valence-corrected chi connectivity index (χ2v) is 6.04. The van der Waals surface area contributed by atoms with Gasteiger partial charge in [0.15, 0.2) is 5.78 Å².